The predicted molar refractivity (Wildman–Crippen MR) is 72.6 cm³/mol. The lowest BCUT2D eigenvalue weighted by atomic mass is 10.2. The Morgan fingerprint density at radius 3 is 2.76 bits per heavy atom. The summed E-state index contributed by atoms with van der Waals surface area (Å²) in [5.41, 5.74) is 0.0196. The number of aromatic nitrogens is 1. The van der Waals surface area contributed by atoms with E-state index >= 15 is 0 Å². The van der Waals surface area contributed by atoms with E-state index in [4.69, 9.17) is 4.74 Å². The Balaban J connectivity index is 2.24. The minimum Gasteiger partial charge on any atom is -0.449 e. The van der Waals surface area contributed by atoms with Crippen LogP contribution in [0.25, 0.3) is 0 Å². The van der Waals surface area contributed by atoms with Crippen molar-refractivity contribution in [1.82, 2.24) is 4.98 Å². The van der Waals surface area contributed by atoms with Gasteiger partial charge in [-0.3, -0.25) is 15.1 Å². The number of ether oxygens (including phenoxy) is 1. The van der Waals surface area contributed by atoms with Gasteiger partial charge >= 0.3 is 5.69 Å². The van der Waals surface area contributed by atoms with Crippen LogP contribution in [0.4, 0.5) is 10.1 Å². The van der Waals surface area contributed by atoms with Gasteiger partial charge in [0.1, 0.15) is 11.6 Å². The summed E-state index contributed by atoms with van der Waals surface area (Å²) >= 11 is 0. The van der Waals surface area contributed by atoms with E-state index in [-0.39, 0.29) is 11.5 Å². The molecular weight excluding hydrogens is 279 g/mol. The molecule has 2 aromatic rings. The normalized spacial score (nSPS) is 12.0. The molecule has 0 amide bonds. The molecule has 1 aromatic heterocycles. The van der Waals surface area contributed by atoms with Crippen LogP contribution in [0.5, 0.6) is 11.5 Å². The van der Waals surface area contributed by atoms with Crippen molar-refractivity contribution in [3.63, 3.8) is 0 Å². The molecule has 2 rings (SSSR count). The van der Waals surface area contributed by atoms with Crippen molar-refractivity contribution >= 4 is 5.69 Å². The molecule has 0 radical (unpaired) electrons. The molecule has 0 fully saturated rings. The van der Waals surface area contributed by atoms with Crippen LogP contribution >= 0.6 is 0 Å². The topological polar surface area (TPSA) is 85.5 Å². The van der Waals surface area contributed by atoms with Crippen LogP contribution in [0.1, 0.15) is 25.1 Å². The fourth-order valence-electron chi connectivity index (χ4n) is 1.70. The van der Waals surface area contributed by atoms with Gasteiger partial charge in [0, 0.05) is 0 Å². The summed E-state index contributed by atoms with van der Waals surface area (Å²) in [4.78, 5) is 14.2. The molecule has 0 saturated carbocycles. The highest BCUT2D eigenvalue weighted by Gasteiger charge is 2.17. The lowest BCUT2D eigenvalue weighted by Gasteiger charge is -2.09. The molecule has 0 aliphatic heterocycles. The lowest BCUT2D eigenvalue weighted by molar-refractivity contribution is -0.385. The van der Waals surface area contributed by atoms with Crippen LogP contribution < -0.4 is 4.74 Å². The van der Waals surface area contributed by atoms with E-state index in [1.54, 1.807) is 6.07 Å². The maximum absolute atomic E-state index is 13.0. The molecule has 1 heterocycles. The second-order valence-corrected chi connectivity index (χ2v) is 4.31. The Morgan fingerprint density at radius 1 is 1.43 bits per heavy atom. The minimum atomic E-state index is -0.721. The van der Waals surface area contributed by atoms with Crippen LogP contribution in [-0.4, -0.2) is 15.0 Å². The summed E-state index contributed by atoms with van der Waals surface area (Å²) in [5, 5.41) is 20.5. The van der Waals surface area contributed by atoms with Crippen molar-refractivity contribution < 1.29 is 19.2 Å². The van der Waals surface area contributed by atoms with Gasteiger partial charge in [0.25, 0.3) is 0 Å². The van der Waals surface area contributed by atoms with Crippen LogP contribution in [0.3, 0.4) is 0 Å². The van der Waals surface area contributed by atoms with E-state index in [2.05, 4.69) is 4.98 Å². The monoisotopic (exact) mass is 292 g/mol. The number of aliphatic hydroxyl groups is 1. The Bertz CT molecular complexity index is 646. The number of nitrogens with zero attached hydrogens (tertiary/aromatic N) is 2. The van der Waals surface area contributed by atoms with Crippen molar-refractivity contribution in [1.29, 1.82) is 0 Å². The molecule has 0 saturated heterocycles. The summed E-state index contributed by atoms with van der Waals surface area (Å²) < 4.78 is 18.4. The quantitative estimate of drug-likeness (QED) is 0.674. The Hall–Kier alpha value is -2.54. The molecule has 7 heteroatoms. The highest BCUT2D eigenvalue weighted by molar-refractivity contribution is 5.48. The third-order valence-corrected chi connectivity index (χ3v) is 2.83. The average molecular weight is 292 g/mol. The first-order valence-electron chi connectivity index (χ1n) is 6.27. The highest BCUT2D eigenvalue weighted by Crippen LogP contribution is 2.31. The first kappa shape index (κ1) is 14.9. The standard InChI is InChI=1S/C14H13FN2O4/c1-2-13(18)11-5-4-10(8-16-11)21-14-6-3-9(15)7-12(14)17(19)20/h3-8,13,18H,2H2,1H3/t13-/m1/s1. The van der Waals surface area contributed by atoms with Gasteiger partial charge in [0.15, 0.2) is 0 Å². The van der Waals surface area contributed by atoms with Gasteiger partial charge in [-0.05, 0) is 30.7 Å². The molecule has 0 bridgehead atoms. The van der Waals surface area contributed by atoms with Crippen molar-refractivity contribution in [2.45, 2.75) is 19.4 Å². The smallest absolute Gasteiger partial charge is 0.314 e. The zero-order valence-corrected chi connectivity index (χ0v) is 11.2. The van der Waals surface area contributed by atoms with Gasteiger partial charge in [-0.25, -0.2) is 4.39 Å². The van der Waals surface area contributed by atoms with E-state index in [1.807, 2.05) is 6.92 Å². The molecule has 1 N–H and O–H groups in total. The van der Waals surface area contributed by atoms with Gasteiger partial charge in [0.2, 0.25) is 5.75 Å². The molecule has 0 spiro atoms. The van der Waals surface area contributed by atoms with Crippen molar-refractivity contribution in [3.8, 4) is 11.5 Å². The van der Waals surface area contributed by atoms with Crippen LogP contribution in [-0.2, 0) is 0 Å². The summed E-state index contributed by atoms with van der Waals surface area (Å²) in [7, 11) is 0. The number of pyridine rings is 1. The number of rotatable bonds is 5. The van der Waals surface area contributed by atoms with E-state index in [0.29, 0.717) is 12.1 Å². The molecule has 21 heavy (non-hydrogen) atoms. The Morgan fingerprint density at radius 2 is 2.19 bits per heavy atom. The summed E-state index contributed by atoms with van der Waals surface area (Å²) in [6, 6.07) is 6.15. The van der Waals surface area contributed by atoms with Crippen molar-refractivity contribution in [2.75, 3.05) is 0 Å². The number of hydrogen-bond acceptors (Lipinski definition) is 5. The molecule has 6 nitrogen and oxygen atoms in total. The first-order chi connectivity index (χ1) is 10.0. The summed E-state index contributed by atoms with van der Waals surface area (Å²) in [6.07, 6.45) is 1.21. The molecule has 0 unspecified atom stereocenters. The van der Waals surface area contributed by atoms with Crippen molar-refractivity contribution in [2.24, 2.45) is 0 Å². The third kappa shape index (κ3) is 3.51. The molecular formula is C14H13FN2O4. The van der Waals surface area contributed by atoms with Gasteiger partial charge in [-0.1, -0.05) is 6.92 Å². The number of nitro groups is 1. The fourth-order valence-corrected chi connectivity index (χ4v) is 1.70. The molecule has 0 aliphatic carbocycles. The van der Waals surface area contributed by atoms with E-state index < -0.39 is 22.5 Å². The van der Waals surface area contributed by atoms with E-state index in [9.17, 15) is 19.6 Å². The summed E-state index contributed by atoms with van der Waals surface area (Å²) in [6.45, 7) is 1.82. The number of hydrogen-bond donors (Lipinski definition) is 1. The second-order valence-electron chi connectivity index (χ2n) is 4.31. The van der Waals surface area contributed by atoms with Crippen molar-refractivity contribution in [3.05, 3.63) is 58.2 Å². The second kappa shape index (κ2) is 6.27. The van der Waals surface area contributed by atoms with E-state index in [1.165, 1.54) is 18.3 Å². The Labute approximate surface area is 120 Å². The third-order valence-electron chi connectivity index (χ3n) is 2.83. The lowest BCUT2D eigenvalue weighted by Crippen LogP contribution is -1.99. The maximum Gasteiger partial charge on any atom is 0.314 e. The molecule has 1 aromatic carbocycles. The predicted octanol–water partition coefficient (Wildman–Crippen LogP) is 3.36. The largest absolute Gasteiger partial charge is 0.449 e. The number of halogens is 1. The zero-order valence-electron chi connectivity index (χ0n) is 11.2. The van der Waals surface area contributed by atoms with Gasteiger partial charge in [-0.2, -0.15) is 0 Å². The Kier molecular flexibility index (Phi) is 4.44. The molecule has 0 aliphatic rings. The maximum atomic E-state index is 13.0. The van der Waals surface area contributed by atoms with Gasteiger partial charge < -0.3 is 9.84 Å². The number of nitro benzene ring substituents is 1. The average Bonchev–Trinajstić information content (AvgIpc) is 2.49. The summed E-state index contributed by atoms with van der Waals surface area (Å²) in [5.74, 6) is -0.530. The minimum absolute atomic E-state index is 0.0769. The van der Waals surface area contributed by atoms with Gasteiger partial charge in [0.05, 0.1) is 29.0 Å². The number of aliphatic hydroxyl groups excluding tert-OH is 1. The fraction of sp³-hybridized carbons (Fsp3) is 0.214. The number of benzene rings is 1. The van der Waals surface area contributed by atoms with Crippen LogP contribution in [0.2, 0.25) is 0 Å². The first-order valence-corrected chi connectivity index (χ1v) is 6.27. The van der Waals surface area contributed by atoms with E-state index in [0.717, 1.165) is 12.1 Å². The SMILES string of the molecule is CC[C@@H](O)c1ccc(Oc2ccc(F)cc2[N+](=O)[O-])cn1. The highest BCUT2D eigenvalue weighted by atomic mass is 19.1. The van der Waals surface area contributed by atoms with Crippen LogP contribution in [0.15, 0.2) is 36.5 Å². The molecule has 1 atom stereocenters. The van der Waals surface area contributed by atoms with Crippen LogP contribution in [0, 0.1) is 15.9 Å². The molecule has 110 valence electrons. The zero-order chi connectivity index (χ0) is 15.4. The van der Waals surface area contributed by atoms with Gasteiger partial charge in [-0.15, -0.1) is 0 Å².